The highest BCUT2D eigenvalue weighted by Crippen LogP contribution is 2.12. The number of hydrogen-bond acceptors (Lipinski definition) is 5. The molecular weight excluding hydrogens is 286 g/mol. The number of amides is 1. The van der Waals surface area contributed by atoms with Crippen LogP contribution in [-0.2, 0) is 22.4 Å². The molecule has 0 aliphatic heterocycles. The summed E-state index contributed by atoms with van der Waals surface area (Å²) in [5.74, 6) is 0.0202. The van der Waals surface area contributed by atoms with E-state index in [1.165, 1.54) is 0 Å². The van der Waals surface area contributed by atoms with Gasteiger partial charge in [0.1, 0.15) is 0 Å². The molecule has 2 aromatic rings. The van der Waals surface area contributed by atoms with E-state index in [2.05, 4.69) is 15.5 Å². The molecule has 1 aromatic heterocycles. The monoisotopic (exact) mass is 303 g/mol. The van der Waals surface area contributed by atoms with Crippen molar-refractivity contribution in [3.8, 4) is 0 Å². The van der Waals surface area contributed by atoms with Crippen LogP contribution >= 0.6 is 0 Å². The van der Waals surface area contributed by atoms with E-state index in [-0.39, 0.29) is 18.7 Å². The Labute approximate surface area is 127 Å². The molecule has 116 valence electrons. The molecule has 2 N–H and O–H groups in total. The van der Waals surface area contributed by atoms with E-state index in [0.717, 1.165) is 5.56 Å². The maximum absolute atomic E-state index is 11.8. The molecule has 7 heteroatoms. The molecule has 0 atom stereocenters. The number of nitrogens with zero attached hydrogens (tertiary/aromatic N) is 2. The number of anilines is 1. The zero-order valence-electron chi connectivity index (χ0n) is 12.2. The van der Waals surface area contributed by atoms with Crippen molar-refractivity contribution in [2.45, 2.75) is 32.6 Å². The first-order valence-corrected chi connectivity index (χ1v) is 6.92. The molecule has 0 aliphatic carbocycles. The molecular formula is C15H17N3O4. The normalized spacial score (nSPS) is 10.4. The summed E-state index contributed by atoms with van der Waals surface area (Å²) in [7, 11) is 0. The Morgan fingerprint density at radius 1 is 1.18 bits per heavy atom. The van der Waals surface area contributed by atoms with E-state index < -0.39 is 5.97 Å². The van der Waals surface area contributed by atoms with Crippen LogP contribution < -0.4 is 5.32 Å². The van der Waals surface area contributed by atoms with E-state index in [4.69, 9.17) is 9.63 Å². The second-order valence-electron chi connectivity index (χ2n) is 4.87. The number of benzene rings is 1. The number of nitrogens with one attached hydrogen (secondary N) is 1. The van der Waals surface area contributed by atoms with Gasteiger partial charge in [-0.25, -0.2) is 0 Å². The lowest BCUT2D eigenvalue weighted by Gasteiger charge is -2.05. The summed E-state index contributed by atoms with van der Waals surface area (Å²) in [5, 5.41) is 15.1. The van der Waals surface area contributed by atoms with Crippen molar-refractivity contribution in [3.63, 3.8) is 0 Å². The first-order chi connectivity index (χ1) is 10.5. The number of carboxylic acid groups (broad SMARTS) is 1. The molecule has 0 bridgehead atoms. The number of aryl methyl sites for hydroxylation is 3. The predicted octanol–water partition coefficient (Wildman–Crippen LogP) is 1.97. The summed E-state index contributed by atoms with van der Waals surface area (Å²) in [6, 6.07) is 7.12. The molecule has 7 nitrogen and oxygen atoms in total. The third-order valence-corrected chi connectivity index (χ3v) is 3.00. The van der Waals surface area contributed by atoms with Crippen molar-refractivity contribution >= 4 is 17.6 Å². The first kappa shape index (κ1) is 15.7. The van der Waals surface area contributed by atoms with Crippen LogP contribution in [0.3, 0.4) is 0 Å². The van der Waals surface area contributed by atoms with Crippen molar-refractivity contribution in [2.24, 2.45) is 0 Å². The van der Waals surface area contributed by atoms with Crippen LogP contribution in [0.15, 0.2) is 28.8 Å². The number of aliphatic carboxylic acids is 1. The average Bonchev–Trinajstić information content (AvgIpc) is 2.90. The van der Waals surface area contributed by atoms with Crippen LogP contribution in [0.1, 0.15) is 30.1 Å². The van der Waals surface area contributed by atoms with Crippen LogP contribution in [0.25, 0.3) is 0 Å². The van der Waals surface area contributed by atoms with Gasteiger partial charge in [-0.05, 0) is 31.0 Å². The van der Waals surface area contributed by atoms with Crippen LogP contribution in [0.5, 0.6) is 0 Å². The molecule has 0 fully saturated rings. The zero-order chi connectivity index (χ0) is 15.9. The molecule has 22 heavy (non-hydrogen) atoms. The minimum absolute atomic E-state index is 0.0926. The molecule has 1 amide bonds. The summed E-state index contributed by atoms with van der Waals surface area (Å²) >= 11 is 0. The van der Waals surface area contributed by atoms with Crippen LogP contribution in [0, 0.1) is 6.92 Å². The van der Waals surface area contributed by atoms with Crippen molar-refractivity contribution in [1.29, 1.82) is 0 Å². The van der Waals surface area contributed by atoms with Crippen molar-refractivity contribution in [3.05, 3.63) is 41.5 Å². The highest BCUT2D eigenvalue weighted by molar-refractivity contribution is 5.90. The number of carboxylic acids is 1. The fraction of sp³-hybridized carbons (Fsp3) is 0.333. The van der Waals surface area contributed by atoms with Gasteiger partial charge < -0.3 is 14.9 Å². The van der Waals surface area contributed by atoms with Gasteiger partial charge in [0.25, 0.3) is 0 Å². The standard InChI is InChI=1S/C15H17N3O4/c1-10-16-14(22-18-10)8-7-13(19)17-12-5-2-11(3-6-12)4-9-15(20)21/h2-3,5-6H,4,7-9H2,1H3,(H,17,19)(H,20,21). The quantitative estimate of drug-likeness (QED) is 0.810. The fourth-order valence-electron chi connectivity index (χ4n) is 1.89. The Kier molecular flexibility index (Phi) is 5.24. The van der Waals surface area contributed by atoms with Gasteiger partial charge >= 0.3 is 5.97 Å². The Bertz CT molecular complexity index is 649. The van der Waals surface area contributed by atoms with Gasteiger partial charge in [0.05, 0.1) is 0 Å². The highest BCUT2D eigenvalue weighted by atomic mass is 16.5. The lowest BCUT2D eigenvalue weighted by atomic mass is 10.1. The second-order valence-corrected chi connectivity index (χ2v) is 4.87. The topological polar surface area (TPSA) is 105 Å². The summed E-state index contributed by atoms with van der Waals surface area (Å²) in [4.78, 5) is 26.3. The number of carbonyl (C=O) groups is 2. The molecule has 0 aliphatic rings. The first-order valence-electron chi connectivity index (χ1n) is 6.92. The minimum Gasteiger partial charge on any atom is -0.481 e. The van der Waals surface area contributed by atoms with E-state index >= 15 is 0 Å². The largest absolute Gasteiger partial charge is 0.481 e. The van der Waals surface area contributed by atoms with Gasteiger partial charge in [-0.15, -0.1) is 0 Å². The highest BCUT2D eigenvalue weighted by Gasteiger charge is 2.08. The molecule has 0 spiro atoms. The van der Waals surface area contributed by atoms with Gasteiger partial charge in [0.2, 0.25) is 11.8 Å². The van der Waals surface area contributed by atoms with E-state index in [0.29, 0.717) is 30.2 Å². The van der Waals surface area contributed by atoms with Gasteiger partial charge in [0, 0.05) is 24.9 Å². The molecule has 1 aromatic carbocycles. The van der Waals surface area contributed by atoms with Gasteiger partial charge in [0.15, 0.2) is 5.82 Å². The third-order valence-electron chi connectivity index (χ3n) is 3.00. The number of carbonyl (C=O) groups excluding carboxylic acids is 1. The van der Waals surface area contributed by atoms with Gasteiger partial charge in [-0.3, -0.25) is 9.59 Å². The van der Waals surface area contributed by atoms with E-state index in [9.17, 15) is 9.59 Å². The van der Waals surface area contributed by atoms with Gasteiger partial charge in [-0.1, -0.05) is 17.3 Å². The third kappa shape index (κ3) is 5.01. The lowest BCUT2D eigenvalue weighted by Crippen LogP contribution is -2.12. The van der Waals surface area contributed by atoms with E-state index in [1.807, 2.05) is 0 Å². The SMILES string of the molecule is Cc1noc(CCC(=O)Nc2ccc(CCC(=O)O)cc2)n1. The molecule has 0 saturated carbocycles. The van der Waals surface area contributed by atoms with Crippen molar-refractivity contribution < 1.29 is 19.2 Å². The van der Waals surface area contributed by atoms with Gasteiger partial charge in [-0.2, -0.15) is 4.98 Å². The maximum atomic E-state index is 11.8. The Morgan fingerprint density at radius 2 is 1.91 bits per heavy atom. The molecule has 0 saturated heterocycles. The predicted molar refractivity (Wildman–Crippen MR) is 78.4 cm³/mol. The fourth-order valence-corrected chi connectivity index (χ4v) is 1.89. The summed E-state index contributed by atoms with van der Waals surface area (Å²) in [5.41, 5.74) is 1.59. The van der Waals surface area contributed by atoms with Crippen LogP contribution in [-0.4, -0.2) is 27.1 Å². The second kappa shape index (κ2) is 7.35. The maximum Gasteiger partial charge on any atom is 0.303 e. The van der Waals surface area contributed by atoms with Crippen molar-refractivity contribution in [2.75, 3.05) is 5.32 Å². The average molecular weight is 303 g/mol. The summed E-state index contributed by atoms with van der Waals surface area (Å²) in [6.07, 6.45) is 1.21. The molecule has 0 unspecified atom stereocenters. The smallest absolute Gasteiger partial charge is 0.303 e. The molecule has 1 heterocycles. The number of hydrogen-bond donors (Lipinski definition) is 2. The molecule has 0 radical (unpaired) electrons. The van der Waals surface area contributed by atoms with E-state index in [1.54, 1.807) is 31.2 Å². The molecule has 2 rings (SSSR count). The van der Waals surface area contributed by atoms with Crippen molar-refractivity contribution in [1.82, 2.24) is 10.1 Å². The number of rotatable bonds is 7. The summed E-state index contributed by atoms with van der Waals surface area (Å²) in [6.45, 7) is 1.72. The van der Waals surface area contributed by atoms with Crippen LogP contribution in [0.4, 0.5) is 5.69 Å². The number of aromatic nitrogens is 2. The Morgan fingerprint density at radius 3 is 2.50 bits per heavy atom. The lowest BCUT2D eigenvalue weighted by molar-refractivity contribution is -0.137. The zero-order valence-corrected chi connectivity index (χ0v) is 12.2. The summed E-state index contributed by atoms with van der Waals surface area (Å²) < 4.78 is 4.94. The Hall–Kier alpha value is -2.70. The minimum atomic E-state index is -0.825. The van der Waals surface area contributed by atoms with Crippen LogP contribution in [0.2, 0.25) is 0 Å². The Balaban J connectivity index is 1.79.